The molecule has 0 aliphatic heterocycles. The predicted molar refractivity (Wildman–Crippen MR) is 84.9 cm³/mol. The topological polar surface area (TPSA) is 22.1 Å². The number of methoxy groups -OCH3 is 1. The summed E-state index contributed by atoms with van der Waals surface area (Å²) in [7, 11) is 1.67. The minimum Gasteiger partial charge on any atom is -0.496 e. The van der Waals surface area contributed by atoms with Crippen molar-refractivity contribution in [3.63, 3.8) is 0 Å². The Morgan fingerprint density at radius 3 is 2.90 bits per heavy atom. The molecule has 2 heterocycles. The second-order valence-corrected chi connectivity index (χ2v) is 5.99. The summed E-state index contributed by atoms with van der Waals surface area (Å²) in [4.78, 5) is 5.72. The molecule has 2 aromatic heterocycles. The van der Waals surface area contributed by atoms with Crippen molar-refractivity contribution in [1.29, 1.82) is 0 Å². The van der Waals surface area contributed by atoms with Crippen LogP contribution in [-0.4, -0.2) is 12.1 Å². The van der Waals surface area contributed by atoms with E-state index >= 15 is 0 Å². The molecule has 20 heavy (non-hydrogen) atoms. The number of nitrogens with zero attached hydrogens (tertiary/aromatic N) is 1. The van der Waals surface area contributed by atoms with E-state index in [0.717, 1.165) is 27.2 Å². The molecule has 4 heteroatoms. The van der Waals surface area contributed by atoms with Crippen molar-refractivity contribution >= 4 is 33.8 Å². The van der Waals surface area contributed by atoms with Crippen LogP contribution in [0.25, 0.3) is 10.9 Å². The minimum absolute atomic E-state index is 0.112. The van der Waals surface area contributed by atoms with Crippen LogP contribution in [0, 0.1) is 0 Å². The number of benzene rings is 1. The summed E-state index contributed by atoms with van der Waals surface area (Å²) in [5, 5.41) is 3.03. The zero-order valence-electron chi connectivity index (χ0n) is 11.0. The number of aromatic nitrogens is 1. The average molecular weight is 304 g/mol. The van der Waals surface area contributed by atoms with E-state index in [1.165, 1.54) is 0 Å². The van der Waals surface area contributed by atoms with Crippen molar-refractivity contribution in [1.82, 2.24) is 4.98 Å². The van der Waals surface area contributed by atoms with E-state index < -0.39 is 0 Å². The first-order valence-corrected chi connectivity index (χ1v) is 7.69. The Hall–Kier alpha value is -1.58. The van der Waals surface area contributed by atoms with E-state index in [-0.39, 0.29) is 5.38 Å². The second kappa shape index (κ2) is 5.81. The number of hydrogen-bond acceptors (Lipinski definition) is 3. The first-order valence-electron chi connectivity index (χ1n) is 6.38. The van der Waals surface area contributed by atoms with Gasteiger partial charge in [0.1, 0.15) is 5.75 Å². The molecule has 0 spiro atoms. The van der Waals surface area contributed by atoms with Gasteiger partial charge in [0.25, 0.3) is 0 Å². The Balaban J connectivity index is 1.85. The van der Waals surface area contributed by atoms with Crippen molar-refractivity contribution in [2.24, 2.45) is 0 Å². The first-order chi connectivity index (χ1) is 9.78. The van der Waals surface area contributed by atoms with Gasteiger partial charge in [0.05, 0.1) is 22.9 Å². The molecule has 1 atom stereocenters. The van der Waals surface area contributed by atoms with E-state index in [1.807, 2.05) is 35.7 Å². The van der Waals surface area contributed by atoms with Crippen LogP contribution in [0.5, 0.6) is 5.75 Å². The normalized spacial score (nSPS) is 12.5. The molecule has 1 unspecified atom stereocenters. The van der Waals surface area contributed by atoms with Crippen LogP contribution in [0.1, 0.15) is 15.9 Å². The SMILES string of the molecule is COc1ccsc1C(Cl)Cc1ccc2ccccc2n1. The molecule has 1 aromatic carbocycles. The van der Waals surface area contributed by atoms with Gasteiger partial charge in [-0.1, -0.05) is 24.3 Å². The summed E-state index contributed by atoms with van der Waals surface area (Å²) >= 11 is 8.13. The molecule has 0 radical (unpaired) electrons. The Morgan fingerprint density at radius 1 is 1.20 bits per heavy atom. The molecule has 0 aliphatic rings. The van der Waals surface area contributed by atoms with E-state index in [4.69, 9.17) is 16.3 Å². The highest BCUT2D eigenvalue weighted by Gasteiger charge is 2.16. The molecule has 0 saturated heterocycles. The highest BCUT2D eigenvalue weighted by atomic mass is 35.5. The number of pyridine rings is 1. The van der Waals surface area contributed by atoms with Crippen LogP contribution >= 0.6 is 22.9 Å². The lowest BCUT2D eigenvalue weighted by Gasteiger charge is -2.10. The van der Waals surface area contributed by atoms with Crippen LogP contribution in [0.2, 0.25) is 0 Å². The average Bonchev–Trinajstić information content (AvgIpc) is 2.95. The number of ether oxygens (including phenoxy) is 1. The van der Waals surface area contributed by atoms with Crippen LogP contribution in [-0.2, 0) is 6.42 Å². The van der Waals surface area contributed by atoms with E-state index in [1.54, 1.807) is 18.4 Å². The maximum atomic E-state index is 6.51. The van der Waals surface area contributed by atoms with Crippen molar-refractivity contribution in [3.8, 4) is 5.75 Å². The smallest absolute Gasteiger partial charge is 0.134 e. The quantitative estimate of drug-likeness (QED) is 0.644. The maximum Gasteiger partial charge on any atom is 0.134 e. The maximum absolute atomic E-state index is 6.51. The van der Waals surface area contributed by atoms with Gasteiger partial charge in [-0.2, -0.15) is 0 Å². The van der Waals surface area contributed by atoms with Gasteiger partial charge in [0.15, 0.2) is 0 Å². The van der Waals surface area contributed by atoms with Gasteiger partial charge in [-0.25, -0.2) is 0 Å². The molecule has 0 fully saturated rings. The summed E-state index contributed by atoms with van der Waals surface area (Å²) in [5.41, 5.74) is 2.01. The van der Waals surface area contributed by atoms with Gasteiger partial charge in [-0.3, -0.25) is 4.98 Å². The van der Waals surface area contributed by atoms with Gasteiger partial charge in [0, 0.05) is 17.5 Å². The third-order valence-electron chi connectivity index (χ3n) is 3.21. The van der Waals surface area contributed by atoms with Crippen LogP contribution < -0.4 is 4.74 Å². The number of rotatable bonds is 4. The third kappa shape index (κ3) is 2.65. The Labute approximate surface area is 127 Å². The Kier molecular flexibility index (Phi) is 3.90. The molecule has 0 amide bonds. The highest BCUT2D eigenvalue weighted by molar-refractivity contribution is 7.10. The molecular formula is C16H14ClNOS. The predicted octanol–water partition coefficient (Wildman–Crippen LogP) is 4.83. The lowest BCUT2D eigenvalue weighted by atomic mass is 10.1. The number of alkyl halides is 1. The Bertz CT molecular complexity index is 725. The van der Waals surface area contributed by atoms with Crippen LogP contribution in [0.3, 0.4) is 0 Å². The van der Waals surface area contributed by atoms with Gasteiger partial charge < -0.3 is 4.74 Å². The monoisotopic (exact) mass is 303 g/mol. The van der Waals surface area contributed by atoms with E-state index in [0.29, 0.717) is 6.42 Å². The van der Waals surface area contributed by atoms with Crippen molar-refractivity contribution in [2.45, 2.75) is 11.8 Å². The molecule has 0 saturated carbocycles. The lowest BCUT2D eigenvalue weighted by Crippen LogP contribution is -1.98. The van der Waals surface area contributed by atoms with Crippen molar-refractivity contribution in [3.05, 3.63) is 58.4 Å². The van der Waals surface area contributed by atoms with Crippen molar-refractivity contribution < 1.29 is 4.74 Å². The van der Waals surface area contributed by atoms with Gasteiger partial charge in [-0.05, 0) is 23.6 Å². The highest BCUT2D eigenvalue weighted by Crippen LogP contribution is 2.36. The minimum atomic E-state index is -0.112. The zero-order valence-corrected chi connectivity index (χ0v) is 12.6. The summed E-state index contributed by atoms with van der Waals surface area (Å²) in [6.45, 7) is 0. The number of thiophene rings is 1. The molecule has 0 N–H and O–H groups in total. The molecular weight excluding hydrogens is 290 g/mol. The molecule has 3 rings (SSSR count). The fourth-order valence-corrected chi connectivity index (χ4v) is 3.46. The third-order valence-corrected chi connectivity index (χ3v) is 4.72. The molecule has 0 aliphatic carbocycles. The van der Waals surface area contributed by atoms with Crippen LogP contribution in [0.15, 0.2) is 47.8 Å². The molecule has 0 bridgehead atoms. The second-order valence-electron chi connectivity index (χ2n) is 4.52. The lowest BCUT2D eigenvalue weighted by molar-refractivity contribution is 0.412. The number of fused-ring (bicyclic) bond motifs is 1. The number of para-hydroxylation sites is 1. The van der Waals surface area contributed by atoms with Crippen LogP contribution in [0.4, 0.5) is 0 Å². The summed E-state index contributed by atoms with van der Waals surface area (Å²) in [6.07, 6.45) is 0.698. The van der Waals surface area contributed by atoms with E-state index in [2.05, 4.69) is 17.1 Å². The first kappa shape index (κ1) is 13.4. The fraction of sp³-hybridized carbons (Fsp3) is 0.188. The fourth-order valence-electron chi connectivity index (χ4n) is 2.20. The molecule has 3 aromatic rings. The number of hydrogen-bond donors (Lipinski definition) is 0. The van der Waals surface area contributed by atoms with Crippen molar-refractivity contribution in [2.75, 3.05) is 7.11 Å². The van der Waals surface area contributed by atoms with E-state index in [9.17, 15) is 0 Å². The van der Waals surface area contributed by atoms with Gasteiger partial charge in [0.2, 0.25) is 0 Å². The summed E-state index contributed by atoms with van der Waals surface area (Å²) in [5.74, 6) is 0.857. The van der Waals surface area contributed by atoms with Gasteiger partial charge >= 0.3 is 0 Å². The molecule has 2 nitrogen and oxygen atoms in total. The zero-order chi connectivity index (χ0) is 13.9. The number of halogens is 1. The van der Waals surface area contributed by atoms with Gasteiger partial charge in [-0.15, -0.1) is 22.9 Å². The largest absolute Gasteiger partial charge is 0.496 e. The summed E-state index contributed by atoms with van der Waals surface area (Å²) < 4.78 is 5.32. The summed E-state index contributed by atoms with van der Waals surface area (Å²) in [6, 6.07) is 14.2. The Morgan fingerprint density at radius 2 is 2.05 bits per heavy atom. The molecule has 102 valence electrons. The standard InChI is InChI=1S/C16H14ClNOS/c1-19-15-8-9-20-16(15)13(17)10-12-7-6-11-4-2-3-5-14(11)18-12/h2-9,13H,10H2,1H3.